The van der Waals surface area contributed by atoms with E-state index in [1.807, 2.05) is 13.0 Å². The molecule has 5 nitrogen and oxygen atoms in total. The van der Waals surface area contributed by atoms with Gasteiger partial charge in [-0.1, -0.05) is 51.7 Å². The van der Waals surface area contributed by atoms with Gasteiger partial charge in [-0.25, -0.2) is 4.79 Å². The Labute approximate surface area is 144 Å². The van der Waals surface area contributed by atoms with Crippen LogP contribution in [0.25, 0.3) is 0 Å². The number of rotatable bonds is 10. The Morgan fingerprint density at radius 2 is 2.08 bits per heavy atom. The molecule has 0 aromatic rings. The lowest BCUT2D eigenvalue weighted by atomic mass is 9.95. The Bertz CT molecular complexity index is 492. The molecule has 3 atom stereocenters. The summed E-state index contributed by atoms with van der Waals surface area (Å²) in [6, 6.07) is 0. The van der Waals surface area contributed by atoms with Crippen LogP contribution in [0.2, 0.25) is 0 Å². The molecule has 0 aromatic carbocycles. The number of allylic oxidation sites excluding steroid dienone is 1. The van der Waals surface area contributed by atoms with Crippen molar-refractivity contribution in [1.82, 2.24) is 0 Å². The van der Waals surface area contributed by atoms with Crippen LogP contribution in [0.5, 0.6) is 0 Å². The lowest BCUT2D eigenvalue weighted by Gasteiger charge is -2.19. The molecule has 0 radical (unpaired) electrons. The van der Waals surface area contributed by atoms with Crippen LogP contribution in [0.4, 0.5) is 0 Å². The number of ether oxygens (including phenoxy) is 1. The first-order valence-corrected chi connectivity index (χ1v) is 8.83. The van der Waals surface area contributed by atoms with E-state index in [9.17, 15) is 14.7 Å². The molecule has 0 spiro atoms. The number of carbonyl (C=O) groups is 2. The van der Waals surface area contributed by atoms with Gasteiger partial charge < -0.3 is 14.9 Å². The van der Waals surface area contributed by atoms with E-state index in [1.54, 1.807) is 0 Å². The van der Waals surface area contributed by atoms with Crippen molar-refractivity contribution in [2.45, 2.75) is 77.9 Å². The smallest absolute Gasteiger partial charge is 0.334 e. The Morgan fingerprint density at radius 3 is 2.71 bits per heavy atom. The molecule has 0 bridgehead atoms. The number of hydrogen-bond donors (Lipinski definition) is 2. The van der Waals surface area contributed by atoms with Crippen LogP contribution in [0.1, 0.15) is 65.7 Å². The first kappa shape index (κ1) is 20.4. The summed E-state index contributed by atoms with van der Waals surface area (Å²) in [5.74, 6) is -1.15. The van der Waals surface area contributed by atoms with Crippen LogP contribution in [0, 0.1) is 5.92 Å². The topological polar surface area (TPSA) is 83.8 Å². The molecule has 5 heteroatoms. The number of cyclic esters (lactones) is 1. The Kier molecular flexibility index (Phi) is 8.76. The lowest BCUT2D eigenvalue weighted by molar-refractivity contribution is -0.142. The van der Waals surface area contributed by atoms with Gasteiger partial charge in [-0.15, -0.1) is 0 Å². The Balaban J connectivity index is 2.54. The summed E-state index contributed by atoms with van der Waals surface area (Å²) in [7, 11) is 0. The maximum Gasteiger partial charge on any atom is 0.334 e. The van der Waals surface area contributed by atoms with E-state index in [2.05, 4.69) is 13.8 Å². The molecule has 0 aromatic heterocycles. The molecule has 24 heavy (non-hydrogen) atoms. The van der Waals surface area contributed by atoms with Crippen LogP contribution in [0.15, 0.2) is 23.3 Å². The van der Waals surface area contributed by atoms with Crippen molar-refractivity contribution >= 4 is 11.9 Å². The third-order valence-corrected chi connectivity index (χ3v) is 4.34. The Hall–Kier alpha value is -1.62. The monoisotopic (exact) mass is 338 g/mol. The average molecular weight is 338 g/mol. The van der Waals surface area contributed by atoms with E-state index in [-0.39, 0.29) is 12.8 Å². The van der Waals surface area contributed by atoms with Gasteiger partial charge in [-0.3, -0.25) is 4.79 Å². The second-order valence-electron chi connectivity index (χ2n) is 6.66. The lowest BCUT2D eigenvalue weighted by Crippen LogP contribution is -2.27. The third kappa shape index (κ3) is 6.87. The molecule has 1 aliphatic heterocycles. The zero-order valence-electron chi connectivity index (χ0n) is 15.0. The van der Waals surface area contributed by atoms with Gasteiger partial charge in [0.2, 0.25) is 0 Å². The van der Waals surface area contributed by atoms with E-state index in [1.165, 1.54) is 31.8 Å². The number of esters is 1. The fraction of sp³-hybridized carbons (Fsp3) is 0.684. The summed E-state index contributed by atoms with van der Waals surface area (Å²) in [6.07, 6.45) is 7.94. The molecule has 1 fully saturated rings. The first-order valence-electron chi connectivity index (χ1n) is 8.83. The quantitative estimate of drug-likeness (QED) is 0.275. The number of unbranched alkanes of at least 4 members (excludes halogenated alkanes) is 3. The maximum absolute atomic E-state index is 11.7. The number of carboxylic acid groups (broad SMARTS) is 1. The molecule has 0 unspecified atom stereocenters. The first-order chi connectivity index (χ1) is 11.3. The average Bonchev–Trinajstić information content (AvgIpc) is 2.89. The van der Waals surface area contributed by atoms with Gasteiger partial charge in [0.05, 0.1) is 6.42 Å². The molecule has 2 N–H and O–H groups in total. The normalized spacial score (nSPS) is 22.5. The highest BCUT2D eigenvalue weighted by Gasteiger charge is 2.34. The van der Waals surface area contributed by atoms with Crippen molar-refractivity contribution in [2.75, 3.05) is 0 Å². The number of aliphatic hydroxyl groups is 1. The molecular weight excluding hydrogens is 308 g/mol. The minimum Gasteiger partial charge on any atom is -0.481 e. The highest BCUT2D eigenvalue weighted by atomic mass is 16.6. The zero-order valence-corrected chi connectivity index (χ0v) is 15.0. The van der Waals surface area contributed by atoms with E-state index >= 15 is 0 Å². The molecule has 136 valence electrons. The molecule has 1 saturated heterocycles. The highest BCUT2D eigenvalue weighted by molar-refractivity contribution is 5.91. The van der Waals surface area contributed by atoms with Gasteiger partial charge >= 0.3 is 11.9 Å². The van der Waals surface area contributed by atoms with Crippen LogP contribution in [0.3, 0.4) is 0 Å². The number of aliphatic hydroxyl groups excluding tert-OH is 1. The van der Waals surface area contributed by atoms with Gasteiger partial charge in [-0.2, -0.15) is 0 Å². The van der Waals surface area contributed by atoms with E-state index in [0.717, 1.165) is 12.0 Å². The van der Waals surface area contributed by atoms with Gasteiger partial charge in [0.25, 0.3) is 0 Å². The summed E-state index contributed by atoms with van der Waals surface area (Å²) in [5.41, 5.74) is 1.14. The van der Waals surface area contributed by atoms with Crippen molar-refractivity contribution in [3.63, 3.8) is 0 Å². The van der Waals surface area contributed by atoms with Crippen molar-refractivity contribution in [3.05, 3.63) is 23.3 Å². The van der Waals surface area contributed by atoms with Crippen molar-refractivity contribution in [2.24, 2.45) is 5.92 Å². The van der Waals surface area contributed by atoms with Gasteiger partial charge in [-0.05, 0) is 24.8 Å². The fourth-order valence-corrected chi connectivity index (χ4v) is 2.93. The zero-order chi connectivity index (χ0) is 18.1. The van der Waals surface area contributed by atoms with Crippen molar-refractivity contribution in [1.29, 1.82) is 0 Å². The minimum atomic E-state index is -0.993. The second kappa shape index (κ2) is 10.3. The summed E-state index contributed by atoms with van der Waals surface area (Å²) in [6.45, 7) is 6.16. The second-order valence-corrected chi connectivity index (χ2v) is 6.66. The van der Waals surface area contributed by atoms with Crippen molar-refractivity contribution in [3.8, 4) is 0 Å². The molecule has 0 amide bonds. The molecule has 1 rings (SSSR count). The molecule has 0 saturated carbocycles. The molecule has 1 heterocycles. The van der Waals surface area contributed by atoms with E-state index in [0.29, 0.717) is 11.5 Å². The van der Waals surface area contributed by atoms with Crippen LogP contribution in [-0.2, 0) is 14.3 Å². The predicted molar refractivity (Wildman–Crippen MR) is 92.5 cm³/mol. The minimum absolute atomic E-state index is 0.211. The van der Waals surface area contributed by atoms with Crippen molar-refractivity contribution < 1.29 is 24.5 Å². The Morgan fingerprint density at radius 1 is 1.38 bits per heavy atom. The van der Waals surface area contributed by atoms with E-state index < -0.39 is 24.1 Å². The summed E-state index contributed by atoms with van der Waals surface area (Å²) < 4.78 is 5.19. The van der Waals surface area contributed by atoms with E-state index in [4.69, 9.17) is 9.84 Å². The van der Waals surface area contributed by atoms with Crippen LogP contribution < -0.4 is 0 Å². The van der Waals surface area contributed by atoms with Gasteiger partial charge in [0.15, 0.2) is 0 Å². The van der Waals surface area contributed by atoms with Crippen LogP contribution >= 0.6 is 0 Å². The predicted octanol–water partition coefficient (Wildman–Crippen LogP) is 3.62. The molecule has 1 aliphatic rings. The number of carboxylic acids is 1. The summed E-state index contributed by atoms with van der Waals surface area (Å²) >= 11 is 0. The summed E-state index contributed by atoms with van der Waals surface area (Å²) in [5, 5.41) is 19.1. The number of hydrogen-bond acceptors (Lipinski definition) is 4. The third-order valence-electron chi connectivity index (χ3n) is 4.34. The summed E-state index contributed by atoms with van der Waals surface area (Å²) in [4.78, 5) is 22.3. The standard InChI is InChI=1S/C19H30O5/c1-4-5-6-7-8-13(2)11-14(3)18(22)16-12-15(19(23)24-16)9-10-17(20)21/h9,11,13,16,18,22H,4-8,10,12H2,1-3H3,(H,20,21)/b14-11+,15-9+/t13-,16+,18-/m0/s1. The molecule has 0 aliphatic carbocycles. The highest BCUT2D eigenvalue weighted by Crippen LogP contribution is 2.27. The van der Waals surface area contributed by atoms with Crippen LogP contribution in [-0.4, -0.2) is 34.4 Å². The SMILES string of the molecule is CCCCCC[C@H](C)/C=C(\C)[C@H](O)[C@H]1C/C(=C\CC(=O)O)C(=O)O1. The molecular formula is C19H30O5. The largest absolute Gasteiger partial charge is 0.481 e. The fourth-order valence-electron chi connectivity index (χ4n) is 2.93. The van der Waals surface area contributed by atoms with Gasteiger partial charge in [0, 0.05) is 12.0 Å². The number of aliphatic carboxylic acids is 1. The maximum atomic E-state index is 11.7. The van der Waals surface area contributed by atoms with Gasteiger partial charge in [0.1, 0.15) is 12.2 Å². The number of carbonyl (C=O) groups excluding carboxylic acids is 1.